The number of aliphatic hydroxyl groups is 1. The van der Waals surface area contributed by atoms with Gasteiger partial charge >= 0.3 is 0 Å². The Balaban J connectivity index is 2.23. The maximum atomic E-state index is 11.7. The SMILES string of the molecule is CC(O)C1=C(c2ccccc2)[C@H](C=O)c2ccccc2O1. The van der Waals surface area contributed by atoms with Crippen molar-refractivity contribution < 1.29 is 14.6 Å². The van der Waals surface area contributed by atoms with Gasteiger partial charge in [0.05, 0.1) is 5.92 Å². The monoisotopic (exact) mass is 280 g/mol. The predicted octanol–water partition coefficient (Wildman–Crippen LogP) is 3.15. The number of fused-ring (bicyclic) bond motifs is 1. The molecule has 3 nitrogen and oxygen atoms in total. The summed E-state index contributed by atoms with van der Waals surface area (Å²) in [6.07, 6.45) is 0.127. The van der Waals surface area contributed by atoms with E-state index in [4.69, 9.17) is 4.74 Å². The van der Waals surface area contributed by atoms with Gasteiger partial charge in [0.1, 0.15) is 23.9 Å². The number of allylic oxidation sites excluding steroid dienone is 1. The van der Waals surface area contributed by atoms with Crippen molar-refractivity contribution in [3.63, 3.8) is 0 Å². The molecule has 2 atom stereocenters. The molecular weight excluding hydrogens is 264 g/mol. The highest BCUT2D eigenvalue weighted by Gasteiger charge is 2.31. The summed E-state index contributed by atoms with van der Waals surface area (Å²) in [5, 5.41) is 10.0. The quantitative estimate of drug-likeness (QED) is 0.878. The highest BCUT2D eigenvalue weighted by molar-refractivity contribution is 5.90. The van der Waals surface area contributed by atoms with Crippen LogP contribution in [0.2, 0.25) is 0 Å². The van der Waals surface area contributed by atoms with Gasteiger partial charge in [0.15, 0.2) is 0 Å². The van der Waals surface area contributed by atoms with Crippen molar-refractivity contribution >= 4 is 11.9 Å². The van der Waals surface area contributed by atoms with E-state index in [2.05, 4.69) is 0 Å². The largest absolute Gasteiger partial charge is 0.458 e. The molecule has 2 aromatic carbocycles. The Hall–Kier alpha value is -2.39. The van der Waals surface area contributed by atoms with Gasteiger partial charge in [-0.15, -0.1) is 0 Å². The number of benzene rings is 2. The number of aldehydes is 1. The van der Waals surface area contributed by atoms with Gasteiger partial charge in [0, 0.05) is 11.1 Å². The number of aliphatic hydroxyl groups excluding tert-OH is 1. The van der Waals surface area contributed by atoms with Crippen LogP contribution in [0.5, 0.6) is 5.75 Å². The van der Waals surface area contributed by atoms with E-state index >= 15 is 0 Å². The Morgan fingerprint density at radius 3 is 2.43 bits per heavy atom. The Bertz CT molecular complexity index is 687. The lowest BCUT2D eigenvalue weighted by Crippen LogP contribution is -2.22. The van der Waals surface area contributed by atoms with Gasteiger partial charge in [-0.05, 0) is 18.6 Å². The van der Waals surface area contributed by atoms with Crippen molar-refractivity contribution in [1.82, 2.24) is 0 Å². The van der Waals surface area contributed by atoms with Crippen LogP contribution in [0.15, 0.2) is 60.4 Å². The highest BCUT2D eigenvalue weighted by atomic mass is 16.5. The van der Waals surface area contributed by atoms with Gasteiger partial charge in [-0.2, -0.15) is 0 Å². The van der Waals surface area contributed by atoms with Crippen LogP contribution >= 0.6 is 0 Å². The first-order chi connectivity index (χ1) is 10.2. The molecule has 2 aromatic rings. The zero-order valence-electron chi connectivity index (χ0n) is 11.7. The van der Waals surface area contributed by atoms with Crippen LogP contribution in [0.4, 0.5) is 0 Å². The van der Waals surface area contributed by atoms with E-state index in [1.165, 1.54) is 0 Å². The van der Waals surface area contributed by atoms with Gasteiger partial charge < -0.3 is 14.6 Å². The minimum atomic E-state index is -0.781. The number of ether oxygens (including phenoxy) is 1. The van der Waals surface area contributed by atoms with Crippen molar-refractivity contribution in [3.05, 3.63) is 71.5 Å². The van der Waals surface area contributed by atoms with E-state index in [1.54, 1.807) is 6.92 Å². The second kappa shape index (κ2) is 5.54. The number of rotatable bonds is 3. The van der Waals surface area contributed by atoms with Gasteiger partial charge in [0.25, 0.3) is 0 Å². The van der Waals surface area contributed by atoms with Crippen molar-refractivity contribution in [3.8, 4) is 5.75 Å². The molecule has 0 bridgehead atoms. The van der Waals surface area contributed by atoms with Gasteiger partial charge in [-0.3, -0.25) is 0 Å². The minimum Gasteiger partial charge on any atom is -0.458 e. The lowest BCUT2D eigenvalue weighted by Gasteiger charge is -2.29. The molecule has 0 saturated carbocycles. The third-order valence-corrected chi connectivity index (χ3v) is 3.65. The minimum absolute atomic E-state index is 0.429. The van der Waals surface area contributed by atoms with E-state index in [-0.39, 0.29) is 0 Å². The van der Waals surface area contributed by atoms with E-state index in [9.17, 15) is 9.90 Å². The van der Waals surface area contributed by atoms with E-state index in [0.717, 1.165) is 23.0 Å². The molecule has 0 radical (unpaired) electrons. The molecule has 1 heterocycles. The van der Waals surface area contributed by atoms with E-state index < -0.39 is 12.0 Å². The average Bonchev–Trinajstić information content (AvgIpc) is 2.53. The number of para-hydroxylation sites is 1. The molecule has 1 unspecified atom stereocenters. The molecule has 0 amide bonds. The summed E-state index contributed by atoms with van der Waals surface area (Å²) in [4.78, 5) is 11.7. The fourth-order valence-corrected chi connectivity index (χ4v) is 2.70. The first-order valence-electron chi connectivity index (χ1n) is 6.92. The molecule has 3 heteroatoms. The molecule has 0 aliphatic carbocycles. The number of hydrogen-bond acceptors (Lipinski definition) is 3. The summed E-state index contributed by atoms with van der Waals surface area (Å²) in [5.41, 5.74) is 2.45. The lowest BCUT2D eigenvalue weighted by molar-refractivity contribution is -0.108. The zero-order valence-corrected chi connectivity index (χ0v) is 11.7. The highest BCUT2D eigenvalue weighted by Crippen LogP contribution is 2.43. The maximum absolute atomic E-state index is 11.7. The number of hydrogen-bond donors (Lipinski definition) is 1. The zero-order chi connectivity index (χ0) is 14.8. The second-order valence-corrected chi connectivity index (χ2v) is 5.07. The van der Waals surface area contributed by atoms with Crippen LogP contribution in [-0.2, 0) is 4.79 Å². The van der Waals surface area contributed by atoms with Crippen LogP contribution in [-0.4, -0.2) is 17.5 Å². The Morgan fingerprint density at radius 1 is 1.10 bits per heavy atom. The molecule has 106 valence electrons. The molecular formula is C18H16O3. The number of carbonyl (C=O) groups excluding carboxylic acids is 1. The van der Waals surface area contributed by atoms with Crippen LogP contribution in [0.3, 0.4) is 0 Å². The van der Waals surface area contributed by atoms with E-state index in [0.29, 0.717) is 11.5 Å². The van der Waals surface area contributed by atoms with Gasteiger partial charge in [-0.25, -0.2) is 0 Å². The third-order valence-electron chi connectivity index (χ3n) is 3.65. The molecule has 0 saturated heterocycles. The predicted molar refractivity (Wildman–Crippen MR) is 80.9 cm³/mol. The van der Waals surface area contributed by atoms with Gasteiger partial charge in [-0.1, -0.05) is 48.5 Å². The second-order valence-electron chi connectivity index (χ2n) is 5.07. The average molecular weight is 280 g/mol. The van der Waals surface area contributed by atoms with Gasteiger partial charge in [0.2, 0.25) is 0 Å². The molecule has 0 aromatic heterocycles. The summed E-state index contributed by atoms with van der Waals surface area (Å²) in [7, 11) is 0. The van der Waals surface area contributed by atoms with Crippen LogP contribution < -0.4 is 4.74 Å². The lowest BCUT2D eigenvalue weighted by atomic mass is 9.84. The first kappa shape index (κ1) is 13.6. The summed E-state index contributed by atoms with van der Waals surface area (Å²) in [6.45, 7) is 1.65. The summed E-state index contributed by atoms with van der Waals surface area (Å²) in [5.74, 6) is 0.643. The Labute approximate surface area is 123 Å². The topological polar surface area (TPSA) is 46.5 Å². The summed E-state index contributed by atoms with van der Waals surface area (Å²) >= 11 is 0. The molecule has 21 heavy (non-hydrogen) atoms. The normalized spacial score (nSPS) is 18.7. The first-order valence-corrected chi connectivity index (χ1v) is 6.92. The van der Waals surface area contributed by atoms with Crippen molar-refractivity contribution in [2.24, 2.45) is 0 Å². The number of carbonyl (C=O) groups is 1. The third kappa shape index (κ3) is 2.36. The van der Waals surface area contributed by atoms with Crippen molar-refractivity contribution in [2.45, 2.75) is 18.9 Å². The molecule has 1 aliphatic heterocycles. The molecule has 1 aliphatic rings. The standard InChI is InChI=1S/C18H16O3/c1-12(20)18-17(13-7-3-2-4-8-13)15(11-19)14-9-5-6-10-16(14)21-18/h2-12,15,20H,1H3/t12?,15-/m1/s1. The molecule has 3 rings (SSSR count). The van der Waals surface area contributed by atoms with Crippen LogP contribution in [0.25, 0.3) is 5.57 Å². The Kier molecular flexibility index (Phi) is 3.59. The van der Waals surface area contributed by atoms with Crippen LogP contribution in [0.1, 0.15) is 24.0 Å². The van der Waals surface area contributed by atoms with Crippen molar-refractivity contribution in [1.29, 1.82) is 0 Å². The van der Waals surface area contributed by atoms with Crippen LogP contribution in [0, 0.1) is 0 Å². The summed E-state index contributed by atoms with van der Waals surface area (Å²) in [6, 6.07) is 17.0. The molecule has 0 spiro atoms. The van der Waals surface area contributed by atoms with Crippen molar-refractivity contribution in [2.75, 3.05) is 0 Å². The van der Waals surface area contributed by atoms with E-state index in [1.807, 2.05) is 54.6 Å². The summed E-state index contributed by atoms with van der Waals surface area (Å²) < 4.78 is 5.86. The molecule has 1 N–H and O–H groups in total. The molecule has 0 fully saturated rings. The fraction of sp³-hybridized carbons (Fsp3) is 0.167. The fourth-order valence-electron chi connectivity index (χ4n) is 2.70. The Morgan fingerprint density at radius 2 is 1.76 bits per heavy atom. The smallest absolute Gasteiger partial charge is 0.137 e. The maximum Gasteiger partial charge on any atom is 0.137 e.